The molecular formula is C27H31ClN4. The van der Waals surface area contributed by atoms with Gasteiger partial charge in [-0.25, -0.2) is 4.98 Å². The summed E-state index contributed by atoms with van der Waals surface area (Å²) in [5.41, 5.74) is 10.5. The number of hydrogen-bond donors (Lipinski definition) is 1. The number of allylic oxidation sites excluding steroid dienone is 4. The second-order valence-corrected chi connectivity index (χ2v) is 8.91. The molecule has 0 saturated carbocycles. The Balaban J connectivity index is 0.000000230. The molecule has 1 unspecified atom stereocenters. The van der Waals surface area contributed by atoms with Gasteiger partial charge in [-0.2, -0.15) is 0 Å². The van der Waals surface area contributed by atoms with E-state index in [0.717, 1.165) is 41.6 Å². The summed E-state index contributed by atoms with van der Waals surface area (Å²) in [7, 11) is 0. The smallest absolute Gasteiger partial charge is 0.0951 e. The molecule has 1 fully saturated rings. The molecule has 1 atom stereocenters. The topological polar surface area (TPSA) is 42.2 Å². The fraction of sp³-hybridized carbons (Fsp3) is 0.370. The van der Waals surface area contributed by atoms with Gasteiger partial charge in [0.25, 0.3) is 0 Å². The first-order valence-electron chi connectivity index (χ1n) is 11.4. The van der Waals surface area contributed by atoms with Crippen LogP contribution in [0.2, 0.25) is 5.02 Å². The van der Waals surface area contributed by atoms with Crippen molar-refractivity contribution in [3.63, 3.8) is 0 Å². The molecule has 0 spiro atoms. The van der Waals surface area contributed by atoms with E-state index in [9.17, 15) is 0 Å². The molecule has 32 heavy (non-hydrogen) atoms. The zero-order chi connectivity index (χ0) is 22.5. The summed E-state index contributed by atoms with van der Waals surface area (Å²) in [5.74, 6) is 0.917. The first-order chi connectivity index (χ1) is 15.6. The number of aromatic nitrogens is 2. The van der Waals surface area contributed by atoms with Crippen LogP contribution in [0.5, 0.6) is 0 Å². The fourth-order valence-corrected chi connectivity index (χ4v) is 4.84. The summed E-state index contributed by atoms with van der Waals surface area (Å²) in [5, 5.41) is 4.25. The van der Waals surface area contributed by atoms with E-state index in [2.05, 4.69) is 58.7 Å². The highest BCUT2D eigenvalue weighted by atomic mass is 35.5. The van der Waals surface area contributed by atoms with E-state index >= 15 is 0 Å². The molecule has 2 aliphatic heterocycles. The van der Waals surface area contributed by atoms with E-state index < -0.39 is 0 Å². The number of aryl methyl sites for hydroxylation is 2. The molecule has 166 valence electrons. The standard InChI is InChI=1S/C20H19ClN2.C7H12N2/c21-17-6-7-18-16(13-17)5-4-15-3-1-2-10-23-20(15)19(18)14-8-11-22-12-9-14;1-4-9-5-8-6(2)7(9)3/h2-7,10,13-14,19,22H,8-9,11-12H2;5H,4H2,1-3H3. The van der Waals surface area contributed by atoms with E-state index in [1.165, 1.54) is 29.7 Å². The summed E-state index contributed by atoms with van der Waals surface area (Å²) in [4.78, 5) is 8.93. The molecule has 1 N–H and O–H groups in total. The van der Waals surface area contributed by atoms with Crippen LogP contribution in [0, 0.1) is 19.8 Å². The Kier molecular flexibility index (Phi) is 7.26. The minimum absolute atomic E-state index is 0.315. The number of piperidine rings is 1. The molecule has 1 aromatic carbocycles. The van der Waals surface area contributed by atoms with Gasteiger partial charge in [-0.1, -0.05) is 29.8 Å². The molecule has 0 bridgehead atoms. The lowest BCUT2D eigenvalue weighted by atomic mass is 9.77. The maximum absolute atomic E-state index is 6.23. The predicted molar refractivity (Wildman–Crippen MR) is 134 cm³/mol. The van der Waals surface area contributed by atoms with Crippen molar-refractivity contribution in [2.24, 2.45) is 10.9 Å². The van der Waals surface area contributed by atoms with Crippen molar-refractivity contribution in [1.82, 2.24) is 14.9 Å². The van der Waals surface area contributed by atoms with Gasteiger partial charge < -0.3 is 9.88 Å². The Morgan fingerprint density at radius 2 is 2.00 bits per heavy atom. The van der Waals surface area contributed by atoms with Crippen molar-refractivity contribution < 1.29 is 0 Å². The largest absolute Gasteiger partial charge is 0.335 e. The second kappa shape index (κ2) is 10.3. The number of halogens is 1. The highest BCUT2D eigenvalue weighted by molar-refractivity contribution is 6.30. The molecule has 5 rings (SSSR count). The quantitative estimate of drug-likeness (QED) is 0.573. The summed E-state index contributed by atoms with van der Waals surface area (Å²) in [6, 6.07) is 6.25. The minimum Gasteiger partial charge on any atom is -0.335 e. The van der Waals surface area contributed by atoms with E-state index in [1.807, 2.05) is 37.7 Å². The van der Waals surface area contributed by atoms with Gasteiger partial charge >= 0.3 is 0 Å². The van der Waals surface area contributed by atoms with Crippen LogP contribution in [0.25, 0.3) is 6.08 Å². The van der Waals surface area contributed by atoms with Crippen LogP contribution >= 0.6 is 11.6 Å². The normalized spacial score (nSPS) is 19.7. The van der Waals surface area contributed by atoms with Gasteiger partial charge in [-0.15, -0.1) is 5.73 Å². The van der Waals surface area contributed by atoms with E-state index in [1.54, 1.807) is 0 Å². The Hall–Kier alpha value is -2.65. The first-order valence-corrected chi connectivity index (χ1v) is 11.8. The molecule has 5 heteroatoms. The zero-order valence-corrected chi connectivity index (χ0v) is 19.9. The van der Waals surface area contributed by atoms with Gasteiger partial charge in [0.15, 0.2) is 0 Å². The lowest BCUT2D eigenvalue weighted by Crippen LogP contribution is -2.31. The summed E-state index contributed by atoms with van der Waals surface area (Å²) < 4.78 is 2.13. The van der Waals surface area contributed by atoms with Crippen molar-refractivity contribution in [1.29, 1.82) is 0 Å². The fourth-order valence-electron chi connectivity index (χ4n) is 4.66. The van der Waals surface area contributed by atoms with Crippen molar-refractivity contribution in [3.8, 4) is 0 Å². The number of benzene rings is 1. The van der Waals surface area contributed by atoms with Gasteiger partial charge in [0.05, 0.1) is 17.7 Å². The maximum atomic E-state index is 6.23. The third-order valence-corrected chi connectivity index (χ3v) is 6.82. The highest BCUT2D eigenvalue weighted by Gasteiger charge is 2.31. The molecule has 0 amide bonds. The number of aliphatic imine (C=N–C) groups is 1. The number of imidazole rings is 1. The van der Waals surface area contributed by atoms with Crippen molar-refractivity contribution in [2.75, 3.05) is 13.1 Å². The van der Waals surface area contributed by atoms with Crippen LogP contribution in [0.1, 0.15) is 48.2 Å². The van der Waals surface area contributed by atoms with Crippen LogP contribution in [-0.4, -0.2) is 28.9 Å². The molecule has 3 aliphatic rings. The van der Waals surface area contributed by atoms with Crippen molar-refractivity contribution >= 4 is 23.9 Å². The molecule has 2 aromatic rings. The van der Waals surface area contributed by atoms with E-state index in [-0.39, 0.29) is 0 Å². The summed E-state index contributed by atoms with van der Waals surface area (Å²) in [6.07, 6.45) is 14.3. The van der Waals surface area contributed by atoms with Crippen LogP contribution in [0.3, 0.4) is 0 Å². The summed E-state index contributed by atoms with van der Waals surface area (Å²) in [6.45, 7) is 9.42. The Labute approximate surface area is 196 Å². The lowest BCUT2D eigenvalue weighted by Gasteiger charge is -2.32. The number of nitrogens with zero attached hydrogens (tertiary/aromatic N) is 3. The van der Waals surface area contributed by atoms with Crippen LogP contribution in [0.15, 0.2) is 64.7 Å². The maximum Gasteiger partial charge on any atom is 0.0951 e. The summed E-state index contributed by atoms with van der Waals surface area (Å²) >= 11 is 6.23. The molecule has 1 saturated heterocycles. The number of rotatable bonds is 2. The van der Waals surface area contributed by atoms with Crippen molar-refractivity contribution in [3.05, 3.63) is 87.3 Å². The molecular weight excluding hydrogens is 416 g/mol. The monoisotopic (exact) mass is 446 g/mol. The molecule has 1 aromatic heterocycles. The minimum atomic E-state index is 0.315. The molecule has 3 heterocycles. The van der Waals surface area contributed by atoms with Gasteiger partial charge in [-0.3, -0.25) is 4.99 Å². The SMILES string of the molecule is CCn1cnc(C)c1C.Clc1ccc2c(c1)C=CC1=C(N=CC=C=C1)C2C1CCNCC1. The highest BCUT2D eigenvalue weighted by Crippen LogP contribution is 2.43. The van der Waals surface area contributed by atoms with Crippen LogP contribution in [-0.2, 0) is 6.54 Å². The third kappa shape index (κ3) is 4.88. The van der Waals surface area contributed by atoms with E-state index in [4.69, 9.17) is 16.6 Å². The predicted octanol–water partition coefficient (Wildman–Crippen LogP) is 6.02. The number of fused-ring (bicyclic) bond motifs is 1. The average Bonchev–Trinajstić information content (AvgIpc) is 2.97. The second-order valence-electron chi connectivity index (χ2n) is 8.47. The third-order valence-electron chi connectivity index (χ3n) is 6.58. The van der Waals surface area contributed by atoms with Gasteiger partial charge in [-0.05, 0) is 88.0 Å². The molecule has 1 aliphatic carbocycles. The molecule has 0 radical (unpaired) electrons. The van der Waals surface area contributed by atoms with Crippen molar-refractivity contribution in [2.45, 2.75) is 46.1 Å². The number of nitrogens with one attached hydrogen (secondary N) is 1. The Morgan fingerprint density at radius 3 is 2.69 bits per heavy atom. The zero-order valence-electron chi connectivity index (χ0n) is 19.1. The Morgan fingerprint density at radius 1 is 1.19 bits per heavy atom. The first kappa shape index (κ1) is 22.5. The van der Waals surface area contributed by atoms with Gasteiger partial charge in [0.2, 0.25) is 0 Å². The van der Waals surface area contributed by atoms with Gasteiger partial charge in [0, 0.05) is 35.0 Å². The average molecular weight is 447 g/mol. The molecule has 4 nitrogen and oxygen atoms in total. The van der Waals surface area contributed by atoms with E-state index in [0.29, 0.717) is 11.8 Å². The lowest BCUT2D eigenvalue weighted by molar-refractivity contribution is 0.338. The van der Waals surface area contributed by atoms with Gasteiger partial charge in [0.1, 0.15) is 0 Å². The van der Waals surface area contributed by atoms with Crippen LogP contribution < -0.4 is 5.32 Å². The number of hydrogen-bond acceptors (Lipinski definition) is 3. The Bertz CT molecular complexity index is 1120. The van der Waals surface area contributed by atoms with Crippen LogP contribution in [0.4, 0.5) is 0 Å².